The van der Waals surface area contributed by atoms with Gasteiger partial charge in [-0.2, -0.15) is 5.10 Å². The van der Waals surface area contributed by atoms with Crippen LogP contribution in [0.2, 0.25) is 5.02 Å². The van der Waals surface area contributed by atoms with E-state index in [9.17, 15) is 14.0 Å². The first-order valence-electron chi connectivity index (χ1n) is 9.83. The molecule has 3 aromatic carbocycles. The second-order valence-electron chi connectivity index (χ2n) is 6.80. The van der Waals surface area contributed by atoms with Gasteiger partial charge in [-0.25, -0.2) is 9.82 Å². The number of halogens is 2. The Labute approximate surface area is 190 Å². The molecule has 0 saturated heterocycles. The molecule has 2 N–H and O–H groups in total. The van der Waals surface area contributed by atoms with Crippen LogP contribution in [0.4, 0.5) is 10.1 Å². The Morgan fingerprint density at radius 3 is 2.38 bits per heavy atom. The molecule has 0 aliphatic carbocycles. The van der Waals surface area contributed by atoms with Gasteiger partial charge < -0.3 is 10.1 Å². The highest BCUT2D eigenvalue weighted by atomic mass is 35.5. The zero-order chi connectivity index (χ0) is 22.8. The van der Waals surface area contributed by atoms with E-state index in [0.717, 1.165) is 5.56 Å². The van der Waals surface area contributed by atoms with Gasteiger partial charge in [-0.05, 0) is 54.1 Å². The number of nitrogens with one attached hydrogen (secondary N) is 2. The number of carbonyl (C=O) groups is 2. The van der Waals surface area contributed by atoms with Gasteiger partial charge in [-0.1, -0.05) is 35.9 Å². The molecule has 164 valence electrons. The summed E-state index contributed by atoms with van der Waals surface area (Å²) in [5, 5.41) is 7.20. The van der Waals surface area contributed by atoms with Gasteiger partial charge >= 0.3 is 0 Å². The number of benzene rings is 3. The van der Waals surface area contributed by atoms with Crippen molar-refractivity contribution in [2.45, 2.75) is 19.4 Å². The quantitative estimate of drug-likeness (QED) is 0.356. The molecule has 0 heterocycles. The van der Waals surface area contributed by atoms with Gasteiger partial charge in [0.2, 0.25) is 11.8 Å². The summed E-state index contributed by atoms with van der Waals surface area (Å²) in [6.45, 7) is 0.359. The summed E-state index contributed by atoms with van der Waals surface area (Å²) in [4.78, 5) is 23.9. The van der Waals surface area contributed by atoms with Crippen LogP contribution in [-0.2, 0) is 16.2 Å². The van der Waals surface area contributed by atoms with Gasteiger partial charge in [0.25, 0.3) is 0 Å². The van der Waals surface area contributed by atoms with Crippen LogP contribution in [0.1, 0.15) is 24.0 Å². The fraction of sp³-hybridized carbons (Fsp3) is 0.125. The molecule has 0 aliphatic rings. The van der Waals surface area contributed by atoms with Crippen molar-refractivity contribution in [2.24, 2.45) is 5.10 Å². The van der Waals surface area contributed by atoms with Crippen LogP contribution in [0.25, 0.3) is 0 Å². The van der Waals surface area contributed by atoms with E-state index < -0.39 is 11.7 Å². The van der Waals surface area contributed by atoms with Crippen molar-refractivity contribution in [3.05, 3.63) is 94.8 Å². The Morgan fingerprint density at radius 1 is 0.938 bits per heavy atom. The SMILES string of the molecule is O=C(CCC(=O)Nc1ccc(F)cc1)NN=Cc1ccccc1OCc1ccc(Cl)cc1. The van der Waals surface area contributed by atoms with Crippen molar-refractivity contribution in [3.63, 3.8) is 0 Å². The minimum Gasteiger partial charge on any atom is -0.488 e. The topological polar surface area (TPSA) is 79.8 Å². The first-order valence-corrected chi connectivity index (χ1v) is 10.2. The summed E-state index contributed by atoms with van der Waals surface area (Å²) in [5.41, 5.74) is 4.52. The van der Waals surface area contributed by atoms with Crippen LogP contribution in [0.15, 0.2) is 77.9 Å². The normalized spacial score (nSPS) is 10.7. The lowest BCUT2D eigenvalue weighted by atomic mass is 10.2. The lowest BCUT2D eigenvalue weighted by Crippen LogP contribution is -2.20. The molecule has 0 bridgehead atoms. The summed E-state index contributed by atoms with van der Waals surface area (Å²) in [5.74, 6) is -0.539. The molecule has 0 spiro atoms. The average Bonchev–Trinajstić information content (AvgIpc) is 2.80. The van der Waals surface area contributed by atoms with Crippen molar-refractivity contribution in [3.8, 4) is 5.75 Å². The molecule has 32 heavy (non-hydrogen) atoms. The van der Waals surface area contributed by atoms with E-state index in [4.69, 9.17) is 16.3 Å². The maximum Gasteiger partial charge on any atom is 0.240 e. The monoisotopic (exact) mass is 453 g/mol. The van der Waals surface area contributed by atoms with Crippen LogP contribution in [-0.4, -0.2) is 18.0 Å². The minimum atomic E-state index is -0.407. The van der Waals surface area contributed by atoms with Crippen LogP contribution in [0, 0.1) is 5.82 Å². The van der Waals surface area contributed by atoms with Crippen molar-refractivity contribution in [2.75, 3.05) is 5.32 Å². The third-order valence-corrected chi connectivity index (χ3v) is 4.58. The number of rotatable bonds is 9. The maximum absolute atomic E-state index is 12.9. The number of para-hydroxylation sites is 1. The van der Waals surface area contributed by atoms with Crippen molar-refractivity contribution in [1.29, 1.82) is 0 Å². The predicted molar refractivity (Wildman–Crippen MR) is 122 cm³/mol. The van der Waals surface area contributed by atoms with E-state index in [1.807, 2.05) is 30.3 Å². The van der Waals surface area contributed by atoms with E-state index in [1.54, 1.807) is 18.2 Å². The molecule has 0 atom stereocenters. The van der Waals surface area contributed by atoms with E-state index in [1.165, 1.54) is 30.5 Å². The average molecular weight is 454 g/mol. The number of hydrogen-bond acceptors (Lipinski definition) is 4. The third kappa shape index (κ3) is 7.52. The molecule has 0 aliphatic heterocycles. The molecule has 6 nitrogen and oxygen atoms in total. The number of ether oxygens (including phenoxy) is 1. The number of nitrogens with zero attached hydrogens (tertiary/aromatic N) is 1. The van der Waals surface area contributed by atoms with E-state index in [-0.39, 0.29) is 18.7 Å². The summed E-state index contributed by atoms with van der Waals surface area (Å²) in [7, 11) is 0. The maximum atomic E-state index is 12.9. The van der Waals surface area contributed by atoms with Crippen LogP contribution in [0.3, 0.4) is 0 Å². The van der Waals surface area contributed by atoms with Crippen LogP contribution in [0.5, 0.6) is 5.75 Å². The lowest BCUT2D eigenvalue weighted by molar-refractivity contribution is -0.124. The summed E-state index contributed by atoms with van der Waals surface area (Å²) >= 11 is 5.89. The Hall–Kier alpha value is -3.71. The predicted octanol–water partition coefficient (Wildman–Crippen LogP) is 4.93. The number of hydrogen-bond donors (Lipinski definition) is 2. The Bertz CT molecular complexity index is 1090. The highest BCUT2D eigenvalue weighted by Crippen LogP contribution is 2.18. The van der Waals surface area contributed by atoms with Gasteiger partial charge in [0.05, 0.1) is 6.21 Å². The summed E-state index contributed by atoms with van der Waals surface area (Å²) in [6.07, 6.45) is 1.41. The lowest BCUT2D eigenvalue weighted by Gasteiger charge is -2.09. The van der Waals surface area contributed by atoms with Crippen LogP contribution < -0.4 is 15.5 Å². The highest BCUT2D eigenvalue weighted by molar-refractivity contribution is 6.30. The van der Waals surface area contributed by atoms with Gasteiger partial charge in [0.15, 0.2) is 0 Å². The second-order valence-corrected chi connectivity index (χ2v) is 7.24. The number of hydrazone groups is 1. The molecule has 2 amide bonds. The number of anilines is 1. The van der Waals surface area contributed by atoms with Gasteiger partial charge in [0.1, 0.15) is 18.2 Å². The zero-order valence-electron chi connectivity index (χ0n) is 17.1. The molecule has 3 aromatic rings. The Balaban J connectivity index is 1.45. The molecule has 0 radical (unpaired) electrons. The largest absolute Gasteiger partial charge is 0.488 e. The molecule has 0 unspecified atom stereocenters. The van der Waals surface area contributed by atoms with Gasteiger partial charge in [-0.15, -0.1) is 0 Å². The minimum absolute atomic E-state index is 0.0283. The molecular formula is C24H21ClFN3O3. The van der Waals surface area contributed by atoms with Gasteiger partial charge in [-0.3, -0.25) is 9.59 Å². The Kier molecular flexibility index (Phi) is 8.34. The summed E-state index contributed by atoms with van der Waals surface area (Å²) in [6, 6.07) is 20.0. The highest BCUT2D eigenvalue weighted by Gasteiger charge is 2.07. The van der Waals surface area contributed by atoms with Crippen molar-refractivity contribution in [1.82, 2.24) is 5.43 Å². The van der Waals surface area contributed by atoms with Crippen molar-refractivity contribution < 1.29 is 18.7 Å². The van der Waals surface area contributed by atoms with Gasteiger partial charge in [0, 0.05) is 29.1 Å². The number of carbonyl (C=O) groups excluding carboxylic acids is 2. The van der Waals surface area contributed by atoms with Crippen molar-refractivity contribution >= 4 is 35.3 Å². The fourth-order valence-corrected chi connectivity index (χ4v) is 2.80. The summed E-state index contributed by atoms with van der Waals surface area (Å²) < 4.78 is 18.7. The molecule has 8 heteroatoms. The molecular weight excluding hydrogens is 433 g/mol. The first-order chi connectivity index (χ1) is 15.5. The standard InChI is InChI=1S/C24H21ClFN3O3/c25-19-7-5-17(6-8-19)16-32-22-4-2-1-3-18(22)15-27-29-24(31)14-13-23(30)28-21-11-9-20(26)10-12-21/h1-12,15H,13-14,16H2,(H,28,30)(H,29,31). The Morgan fingerprint density at radius 2 is 1.62 bits per heavy atom. The smallest absolute Gasteiger partial charge is 0.240 e. The molecule has 0 fully saturated rings. The molecule has 0 saturated carbocycles. The van der Waals surface area contributed by atoms with E-state index >= 15 is 0 Å². The van der Waals surface area contributed by atoms with E-state index in [0.29, 0.717) is 28.6 Å². The first kappa shape index (κ1) is 23.0. The zero-order valence-corrected chi connectivity index (χ0v) is 17.8. The fourth-order valence-electron chi connectivity index (χ4n) is 2.67. The molecule has 3 rings (SSSR count). The third-order valence-electron chi connectivity index (χ3n) is 4.33. The van der Waals surface area contributed by atoms with Crippen LogP contribution >= 0.6 is 11.6 Å². The molecule has 0 aromatic heterocycles. The number of amides is 2. The second kappa shape index (κ2) is 11.6. The van der Waals surface area contributed by atoms with E-state index in [2.05, 4.69) is 15.8 Å².